The van der Waals surface area contributed by atoms with Crippen LogP contribution in [-0.4, -0.2) is 10.9 Å². The number of aromatic nitrogens is 1. The molecule has 6 heteroatoms. The van der Waals surface area contributed by atoms with E-state index in [4.69, 9.17) is 0 Å². The zero-order valence-electron chi connectivity index (χ0n) is 6.07. The molecule has 0 bridgehead atoms. The molecule has 1 N–H and O–H groups in total. The van der Waals surface area contributed by atoms with Crippen LogP contribution in [0.5, 0.6) is 0 Å². The smallest absolute Gasteiger partial charge is 0.301 e. The van der Waals surface area contributed by atoms with Crippen molar-refractivity contribution in [3.05, 3.63) is 9.67 Å². The minimum absolute atomic E-state index is 0.00319. The van der Waals surface area contributed by atoms with Crippen LogP contribution >= 0.6 is 20.7 Å². The van der Waals surface area contributed by atoms with Gasteiger partial charge >= 0.3 is 4.87 Å². The van der Waals surface area contributed by atoms with E-state index >= 15 is 0 Å². The maximum absolute atomic E-state index is 11.1. The Labute approximate surface area is 75.6 Å². The first-order valence-corrected chi connectivity index (χ1v) is 5.69. The van der Waals surface area contributed by atoms with Gasteiger partial charge in [-0.15, -0.1) is 0 Å². The number of nitrogens with one attached hydrogen (secondary N) is 1. The first-order valence-electron chi connectivity index (χ1n) is 3.54. The van der Waals surface area contributed by atoms with E-state index in [0.717, 1.165) is 23.2 Å². The van der Waals surface area contributed by atoms with Crippen molar-refractivity contribution in [3.63, 3.8) is 0 Å². The lowest BCUT2D eigenvalue weighted by Crippen LogP contribution is -2.13. The normalized spacial score (nSPS) is 16.0. The highest BCUT2D eigenvalue weighted by Gasteiger charge is 2.30. The van der Waals surface area contributed by atoms with Crippen LogP contribution in [0.25, 0.3) is 0 Å². The van der Waals surface area contributed by atoms with Crippen molar-refractivity contribution in [1.82, 2.24) is 4.98 Å². The zero-order valence-corrected chi connectivity index (χ0v) is 7.70. The van der Waals surface area contributed by atoms with Crippen LogP contribution in [0.1, 0.15) is 12.8 Å². The van der Waals surface area contributed by atoms with E-state index in [1.165, 1.54) is 10.3 Å². The average molecular weight is 202 g/mol. The molecule has 4 nitrogen and oxygen atoms in total. The third-order valence-corrected chi connectivity index (χ3v) is 3.38. The Morgan fingerprint density at radius 2 is 2.25 bits per heavy atom. The molecule has 1 aliphatic carbocycles. The van der Waals surface area contributed by atoms with Crippen molar-refractivity contribution in [2.45, 2.75) is 12.8 Å². The number of nitrogens with zero attached hydrogens (tertiary/aromatic N) is 1. The number of rotatable bonds is 2. The highest BCUT2D eigenvalue weighted by atomic mass is 32.9. The Kier molecular flexibility index (Phi) is 1.93. The highest BCUT2D eigenvalue weighted by Crippen LogP contribution is 2.30. The van der Waals surface area contributed by atoms with Crippen molar-refractivity contribution in [1.29, 1.82) is 0 Å². The second kappa shape index (κ2) is 2.95. The topological polar surface area (TPSA) is 59.1 Å². The monoisotopic (exact) mass is 202 g/mol. The average Bonchev–Trinajstić information content (AvgIpc) is 2.78. The summed E-state index contributed by atoms with van der Waals surface area (Å²) < 4.78 is 0. The summed E-state index contributed by atoms with van der Waals surface area (Å²) in [6, 6.07) is 0. The molecule has 0 saturated heterocycles. The van der Waals surface area contributed by atoms with Gasteiger partial charge in [-0.2, -0.15) is 4.98 Å². The number of hydrogen-bond acceptors (Lipinski definition) is 5. The van der Waals surface area contributed by atoms with Crippen molar-refractivity contribution >= 4 is 31.7 Å². The van der Waals surface area contributed by atoms with Gasteiger partial charge in [-0.1, -0.05) is 0 Å². The lowest BCUT2D eigenvalue weighted by molar-refractivity contribution is -0.117. The molecule has 64 valence electrons. The van der Waals surface area contributed by atoms with Crippen LogP contribution < -0.4 is 10.2 Å². The van der Waals surface area contributed by atoms with E-state index in [1.807, 2.05) is 0 Å². The molecule has 12 heavy (non-hydrogen) atoms. The van der Waals surface area contributed by atoms with Crippen LogP contribution in [-0.2, 0) is 4.79 Å². The quantitative estimate of drug-likeness (QED) is 0.725. The molecular formula is C6H6N2O2S2. The fourth-order valence-corrected chi connectivity index (χ4v) is 2.20. The van der Waals surface area contributed by atoms with Gasteiger partial charge in [0, 0.05) is 5.92 Å². The van der Waals surface area contributed by atoms with E-state index in [9.17, 15) is 9.59 Å². The molecule has 1 fully saturated rings. The molecule has 0 atom stereocenters. The van der Waals surface area contributed by atoms with Gasteiger partial charge in [0.05, 0.1) is 0 Å². The van der Waals surface area contributed by atoms with Gasteiger partial charge in [0.2, 0.25) is 11.0 Å². The summed E-state index contributed by atoms with van der Waals surface area (Å²) in [7, 11) is 2.25. The summed E-state index contributed by atoms with van der Waals surface area (Å²) in [6.07, 6.45) is 1.93. The molecule has 0 spiro atoms. The molecule has 1 aromatic rings. The van der Waals surface area contributed by atoms with Gasteiger partial charge in [0.15, 0.2) is 0 Å². The summed E-state index contributed by atoms with van der Waals surface area (Å²) in [5, 5.41) is 3.04. The molecule has 1 amide bonds. The fourth-order valence-electron chi connectivity index (χ4n) is 0.797. The lowest BCUT2D eigenvalue weighted by atomic mass is 10.4. The van der Waals surface area contributed by atoms with Crippen LogP contribution in [0.4, 0.5) is 5.13 Å². The maximum Gasteiger partial charge on any atom is 0.338 e. The number of amides is 1. The van der Waals surface area contributed by atoms with Crippen LogP contribution in [0.15, 0.2) is 4.79 Å². The molecule has 1 aromatic heterocycles. The largest absolute Gasteiger partial charge is 0.338 e. The van der Waals surface area contributed by atoms with Gasteiger partial charge in [0.25, 0.3) is 0 Å². The van der Waals surface area contributed by atoms with Crippen LogP contribution in [0.2, 0.25) is 0 Å². The van der Waals surface area contributed by atoms with E-state index in [1.54, 1.807) is 0 Å². The third-order valence-electron chi connectivity index (χ3n) is 1.56. The Balaban J connectivity index is 2.02. The summed E-state index contributed by atoms with van der Waals surface area (Å²) in [6.45, 7) is 0. The zero-order chi connectivity index (χ0) is 8.55. The summed E-state index contributed by atoms with van der Waals surface area (Å²) in [5.41, 5.74) is 0. The Morgan fingerprint density at radius 3 is 2.75 bits per heavy atom. The second-order valence-electron chi connectivity index (χ2n) is 2.61. The molecule has 0 aromatic carbocycles. The van der Waals surface area contributed by atoms with Crippen molar-refractivity contribution < 1.29 is 4.79 Å². The molecule has 0 radical (unpaired) electrons. The Morgan fingerprint density at radius 1 is 1.50 bits per heavy atom. The second-order valence-corrected chi connectivity index (χ2v) is 4.68. The van der Waals surface area contributed by atoms with Gasteiger partial charge < -0.3 is 5.32 Å². The van der Waals surface area contributed by atoms with Gasteiger partial charge in [-0.3, -0.25) is 9.59 Å². The molecule has 1 saturated carbocycles. The van der Waals surface area contributed by atoms with Crippen LogP contribution in [0, 0.1) is 5.92 Å². The SMILES string of the molecule is O=C(Nc1nc(=O)ss1)C1CC1. The molecule has 0 aliphatic heterocycles. The van der Waals surface area contributed by atoms with Crippen molar-refractivity contribution in [3.8, 4) is 0 Å². The molecule has 1 aliphatic rings. The number of anilines is 1. The van der Waals surface area contributed by atoms with Gasteiger partial charge in [0.1, 0.15) is 0 Å². The minimum Gasteiger partial charge on any atom is -0.301 e. The Bertz CT molecular complexity index is 352. The standard InChI is InChI=1S/C6H6N2O2S2/c9-4(3-1-2-3)7-5-8-6(10)12-11-5/h3H,1-2H2,(H,7,8,9,10). The van der Waals surface area contributed by atoms with Gasteiger partial charge in [-0.05, 0) is 33.5 Å². The summed E-state index contributed by atoms with van der Waals surface area (Å²) >= 11 is 0. The number of carbonyl (C=O) groups excluding carboxylic acids is 1. The van der Waals surface area contributed by atoms with E-state index in [2.05, 4.69) is 10.3 Å². The summed E-state index contributed by atoms with van der Waals surface area (Å²) in [5.74, 6) is 0.158. The molecule has 2 rings (SSSR count). The van der Waals surface area contributed by atoms with Crippen molar-refractivity contribution in [2.75, 3.05) is 5.32 Å². The third kappa shape index (κ3) is 1.70. The predicted octanol–water partition coefficient (Wildman–Crippen LogP) is 0.913. The highest BCUT2D eigenvalue weighted by molar-refractivity contribution is 7.69. The Hall–Kier alpha value is -0.750. The first kappa shape index (κ1) is 7.88. The van der Waals surface area contributed by atoms with E-state index < -0.39 is 0 Å². The molecular weight excluding hydrogens is 196 g/mol. The molecule has 0 unspecified atom stereocenters. The van der Waals surface area contributed by atoms with Crippen molar-refractivity contribution in [2.24, 2.45) is 5.92 Å². The van der Waals surface area contributed by atoms with E-state index in [0.29, 0.717) is 5.13 Å². The summed E-state index contributed by atoms with van der Waals surface area (Å²) in [4.78, 5) is 25.1. The maximum atomic E-state index is 11.1. The minimum atomic E-state index is -0.244. The van der Waals surface area contributed by atoms with Gasteiger partial charge in [-0.25, -0.2) is 0 Å². The number of carbonyl (C=O) groups is 1. The van der Waals surface area contributed by atoms with E-state index in [-0.39, 0.29) is 16.7 Å². The lowest BCUT2D eigenvalue weighted by Gasteiger charge is -1.95. The number of hydrogen-bond donors (Lipinski definition) is 1. The van der Waals surface area contributed by atoms with Crippen LogP contribution in [0.3, 0.4) is 0 Å². The molecule has 1 heterocycles. The first-order chi connectivity index (χ1) is 5.75. The fraction of sp³-hybridized carbons (Fsp3) is 0.500. The predicted molar refractivity (Wildman–Crippen MR) is 47.6 cm³/mol.